The lowest BCUT2D eigenvalue weighted by Crippen LogP contribution is -2.53. The van der Waals surface area contributed by atoms with Gasteiger partial charge in [-0.3, -0.25) is 29.4 Å². The lowest BCUT2D eigenvalue weighted by atomic mass is 9.80. The average molecular weight is 1070 g/mol. The SMILES string of the molecule is NC(=O)NC[C@@H]1CN(C2CCN(C(=O)c3ccc4ncccc4c3)CC2)CC[C@@H]1Cc1ccc(Cl)c(Cl)c1.NC[C@@H]1CN(C2CCN(C(=O)c3ccc4ncccc4c3)CC2)CC[C@@H]1Cc1ccc(Cl)c(Cl)c1. The molecule has 4 fully saturated rings. The molecule has 4 aromatic carbocycles. The summed E-state index contributed by atoms with van der Waals surface area (Å²) in [6.45, 7) is 8.30. The first-order valence-corrected chi connectivity index (χ1v) is 27.3. The number of halogens is 4. The first-order valence-electron chi connectivity index (χ1n) is 25.8. The van der Waals surface area contributed by atoms with Crippen molar-refractivity contribution in [3.05, 3.63) is 152 Å². The molecule has 12 nitrogen and oxygen atoms in total. The van der Waals surface area contributed by atoms with E-state index in [0.717, 1.165) is 137 Å². The molecular formula is C57H65Cl4N9O3. The molecule has 4 saturated heterocycles. The van der Waals surface area contributed by atoms with E-state index in [1.807, 2.05) is 101 Å². The molecule has 6 aromatic rings. The van der Waals surface area contributed by atoms with Crippen LogP contribution in [0.2, 0.25) is 20.1 Å². The van der Waals surface area contributed by atoms with Crippen molar-refractivity contribution in [2.75, 3.05) is 65.4 Å². The molecular weight excluding hydrogens is 1000 g/mol. The van der Waals surface area contributed by atoms with E-state index in [-0.39, 0.29) is 17.7 Å². The van der Waals surface area contributed by atoms with Crippen LogP contribution in [-0.2, 0) is 12.8 Å². The van der Waals surface area contributed by atoms with E-state index < -0.39 is 6.03 Å². The summed E-state index contributed by atoms with van der Waals surface area (Å²) in [4.78, 5) is 55.7. The molecule has 0 unspecified atom stereocenters. The number of fused-ring (bicyclic) bond motifs is 2. The van der Waals surface area contributed by atoms with E-state index in [9.17, 15) is 14.4 Å². The standard InChI is InChI=1S/C29H33Cl2N5O2.C28H32Cl2N4O/c30-25-5-3-19(15-26(25)31)14-20-7-11-36(18-23(20)17-34-29(32)38)24-8-12-35(13-9-24)28(37)22-4-6-27-21(16-22)2-1-10-33-27;29-25-5-3-19(15-26(25)30)14-20-7-11-34(18-23(20)17-31)24-8-12-33(13-9-24)28(35)22-4-6-27-21(16-22)2-1-10-32-27/h1-6,10,15-16,20,23-24H,7-9,11-14,17-18H2,(H3,32,34,38);1-6,10,15-16,20,23-24H,7-9,11-14,17-18,31H2/t2*20-,23-/m11/s1. The molecule has 384 valence electrons. The van der Waals surface area contributed by atoms with Crippen molar-refractivity contribution in [3.8, 4) is 0 Å². The predicted octanol–water partition coefficient (Wildman–Crippen LogP) is 10.3. The van der Waals surface area contributed by atoms with Crippen LogP contribution in [0.25, 0.3) is 21.8 Å². The second-order valence-corrected chi connectivity index (χ2v) is 22.0. The molecule has 0 bridgehead atoms. The number of hydrogen-bond acceptors (Lipinski definition) is 8. The van der Waals surface area contributed by atoms with Crippen molar-refractivity contribution in [3.63, 3.8) is 0 Å². The fourth-order valence-electron chi connectivity index (χ4n) is 11.7. The highest BCUT2D eigenvalue weighted by Gasteiger charge is 2.36. The number of likely N-dealkylation sites (tertiary alicyclic amines) is 4. The van der Waals surface area contributed by atoms with Crippen LogP contribution in [0.15, 0.2) is 109 Å². The molecule has 5 N–H and O–H groups in total. The number of hydrogen-bond donors (Lipinski definition) is 3. The minimum atomic E-state index is -0.494. The first-order chi connectivity index (χ1) is 35.4. The van der Waals surface area contributed by atoms with Gasteiger partial charge in [-0.15, -0.1) is 0 Å². The topological polar surface area (TPSA) is 154 Å². The molecule has 0 saturated carbocycles. The van der Waals surface area contributed by atoms with Crippen molar-refractivity contribution in [2.24, 2.45) is 35.1 Å². The minimum absolute atomic E-state index is 0.0815. The van der Waals surface area contributed by atoms with E-state index in [1.165, 1.54) is 5.56 Å². The number of rotatable bonds is 11. The zero-order valence-corrected chi connectivity index (χ0v) is 44.2. The van der Waals surface area contributed by atoms with Crippen LogP contribution < -0.4 is 16.8 Å². The highest BCUT2D eigenvalue weighted by molar-refractivity contribution is 6.42. The summed E-state index contributed by atoms with van der Waals surface area (Å²) in [5.74, 6) is 1.89. The number of pyridine rings is 2. The number of nitrogens with one attached hydrogen (secondary N) is 1. The zero-order valence-electron chi connectivity index (χ0n) is 41.2. The number of benzene rings is 4. The van der Waals surface area contributed by atoms with E-state index in [0.29, 0.717) is 68.6 Å². The van der Waals surface area contributed by atoms with Crippen LogP contribution in [0.3, 0.4) is 0 Å². The molecule has 73 heavy (non-hydrogen) atoms. The number of carbonyl (C=O) groups excluding carboxylic acids is 3. The Morgan fingerprint density at radius 2 is 0.986 bits per heavy atom. The Morgan fingerprint density at radius 1 is 0.534 bits per heavy atom. The van der Waals surface area contributed by atoms with Crippen LogP contribution in [0.1, 0.15) is 70.4 Å². The molecule has 0 spiro atoms. The fraction of sp³-hybridized carbons (Fsp3) is 0.421. The van der Waals surface area contributed by atoms with Gasteiger partial charge < -0.3 is 26.6 Å². The van der Waals surface area contributed by atoms with Gasteiger partial charge in [-0.1, -0.05) is 70.7 Å². The number of nitrogens with zero attached hydrogens (tertiary/aromatic N) is 6. The minimum Gasteiger partial charge on any atom is -0.352 e. The molecule has 16 heteroatoms. The third-order valence-corrected chi connectivity index (χ3v) is 17.4. The molecule has 10 rings (SSSR count). The third-order valence-electron chi connectivity index (χ3n) is 15.9. The second-order valence-electron chi connectivity index (χ2n) is 20.4. The molecule has 4 aliphatic heterocycles. The number of carbonyl (C=O) groups is 3. The van der Waals surface area contributed by atoms with E-state index >= 15 is 0 Å². The molecule has 6 heterocycles. The number of amides is 4. The fourth-order valence-corrected chi connectivity index (χ4v) is 12.4. The van der Waals surface area contributed by atoms with Crippen LogP contribution in [0.5, 0.6) is 0 Å². The highest BCUT2D eigenvalue weighted by Crippen LogP contribution is 2.34. The van der Waals surface area contributed by atoms with E-state index in [4.69, 9.17) is 57.9 Å². The molecule has 0 aliphatic carbocycles. The van der Waals surface area contributed by atoms with Gasteiger partial charge in [0.1, 0.15) is 0 Å². The third kappa shape index (κ3) is 13.3. The summed E-state index contributed by atoms with van der Waals surface area (Å²) in [5, 5.41) is 7.16. The van der Waals surface area contributed by atoms with Crippen LogP contribution in [-0.4, -0.2) is 125 Å². The van der Waals surface area contributed by atoms with Gasteiger partial charge in [-0.25, -0.2) is 4.79 Å². The lowest BCUT2D eigenvalue weighted by Gasteiger charge is -2.45. The van der Waals surface area contributed by atoms with Crippen molar-refractivity contribution >= 4 is 86.1 Å². The number of urea groups is 1. The van der Waals surface area contributed by atoms with Gasteiger partial charge in [0.15, 0.2) is 0 Å². The summed E-state index contributed by atoms with van der Waals surface area (Å²) in [6, 6.07) is 31.5. The van der Waals surface area contributed by atoms with E-state index in [1.54, 1.807) is 12.4 Å². The molecule has 4 aliphatic rings. The normalized spacial score (nSPS) is 21.4. The smallest absolute Gasteiger partial charge is 0.312 e. The first kappa shape index (κ1) is 52.8. The Hall–Kier alpha value is -5.05. The van der Waals surface area contributed by atoms with Crippen molar-refractivity contribution in [1.82, 2.24) is 34.9 Å². The Bertz CT molecular complexity index is 2890. The van der Waals surface area contributed by atoms with Crippen LogP contribution >= 0.6 is 46.4 Å². The van der Waals surface area contributed by atoms with Gasteiger partial charge in [0, 0.05) is 92.2 Å². The largest absolute Gasteiger partial charge is 0.352 e. The van der Waals surface area contributed by atoms with Crippen LogP contribution in [0, 0.1) is 23.7 Å². The van der Waals surface area contributed by atoms with Gasteiger partial charge >= 0.3 is 6.03 Å². The quantitative estimate of drug-likeness (QED) is 0.116. The molecule has 0 radical (unpaired) electrons. The summed E-state index contributed by atoms with van der Waals surface area (Å²) in [5.41, 5.74) is 17.3. The highest BCUT2D eigenvalue weighted by atomic mass is 35.5. The van der Waals surface area contributed by atoms with Crippen molar-refractivity contribution < 1.29 is 14.4 Å². The van der Waals surface area contributed by atoms with Gasteiger partial charge in [-0.05, 0) is 179 Å². The molecule has 4 amide bonds. The average Bonchev–Trinajstić information content (AvgIpc) is 3.42. The molecule has 4 atom stereocenters. The Morgan fingerprint density at radius 3 is 1.42 bits per heavy atom. The van der Waals surface area contributed by atoms with Gasteiger partial charge in [0.25, 0.3) is 11.8 Å². The summed E-state index contributed by atoms with van der Waals surface area (Å²) in [7, 11) is 0. The summed E-state index contributed by atoms with van der Waals surface area (Å²) >= 11 is 24.7. The summed E-state index contributed by atoms with van der Waals surface area (Å²) < 4.78 is 0. The zero-order chi connectivity index (χ0) is 51.0. The number of piperidine rings is 4. The number of primary amides is 1. The number of aromatic nitrogens is 2. The maximum atomic E-state index is 13.2. The Labute approximate surface area is 448 Å². The number of nitrogens with two attached hydrogens (primary N) is 2. The Balaban J connectivity index is 0.000000180. The van der Waals surface area contributed by atoms with Gasteiger partial charge in [0.2, 0.25) is 0 Å². The maximum absolute atomic E-state index is 13.2. The predicted molar refractivity (Wildman–Crippen MR) is 295 cm³/mol. The second kappa shape index (κ2) is 24.5. The monoisotopic (exact) mass is 1060 g/mol. The maximum Gasteiger partial charge on any atom is 0.312 e. The lowest BCUT2D eigenvalue weighted by molar-refractivity contribution is 0.0407. The van der Waals surface area contributed by atoms with Gasteiger partial charge in [0.05, 0.1) is 31.1 Å². The van der Waals surface area contributed by atoms with Crippen molar-refractivity contribution in [2.45, 2.75) is 63.5 Å². The van der Waals surface area contributed by atoms with Gasteiger partial charge in [-0.2, -0.15) is 0 Å². The summed E-state index contributed by atoms with van der Waals surface area (Å²) in [6.07, 6.45) is 11.5. The van der Waals surface area contributed by atoms with Crippen LogP contribution in [0.4, 0.5) is 4.79 Å². The molecule has 2 aromatic heterocycles. The van der Waals surface area contributed by atoms with Crippen molar-refractivity contribution in [1.29, 1.82) is 0 Å². The van der Waals surface area contributed by atoms with E-state index in [2.05, 4.69) is 31.2 Å². The Kier molecular flexibility index (Phi) is 17.7.